The minimum atomic E-state index is -4.47. The average molecular weight is 320 g/mol. The van der Waals surface area contributed by atoms with Gasteiger partial charge in [-0.1, -0.05) is 13.3 Å². The average Bonchev–Trinajstić information content (AvgIpc) is 2.85. The second-order valence-corrected chi connectivity index (χ2v) is 6.40. The molecule has 0 spiro atoms. The first-order valence-electron chi connectivity index (χ1n) is 6.96. The molecule has 0 saturated heterocycles. The summed E-state index contributed by atoms with van der Waals surface area (Å²) in [4.78, 5) is 7.54. The number of nitrogens with zero attached hydrogens (tertiary/aromatic N) is 2. The van der Waals surface area contributed by atoms with Crippen molar-refractivity contribution >= 4 is 23.5 Å². The fourth-order valence-corrected chi connectivity index (χ4v) is 3.67. The number of alkyl halides is 3. The topological polar surface area (TPSA) is 49.8 Å². The van der Waals surface area contributed by atoms with Gasteiger partial charge in [0, 0.05) is 24.4 Å². The first-order valence-corrected chi connectivity index (χ1v) is 8.01. The van der Waals surface area contributed by atoms with E-state index in [9.17, 15) is 13.2 Å². The lowest BCUT2D eigenvalue weighted by atomic mass is 10.2. The molecule has 2 N–H and O–H groups in total. The van der Waals surface area contributed by atoms with Crippen LogP contribution in [0.15, 0.2) is 6.07 Å². The van der Waals surface area contributed by atoms with Crippen LogP contribution >= 0.6 is 11.8 Å². The number of anilines is 2. The van der Waals surface area contributed by atoms with Crippen molar-refractivity contribution in [3.63, 3.8) is 0 Å². The van der Waals surface area contributed by atoms with E-state index in [1.54, 1.807) is 0 Å². The summed E-state index contributed by atoms with van der Waals surface area (Å²) >= 11 is 1.84. The normalized spacial score (nSPS) is 22.3. The molecule has 1 fully saturated rings. The van der Waals surface area contributed by atoms with Crippen molar-refractivity contribution in [3.8, 4) is 0 Å². The van der Waals surface area contributed by atoms with Crippen molar-refractivity contribution in [2.24, 2.45) is 0 Å². The molecule has 21 heavy (non-hydrogen) atoms. The summed E-state index contributed by atoms with van der Waals surface area (Å²) in [6.45, 7) is 2.09. The van der Waals surface area contributed by atoms with Crippen molar-refractivity contribution in [3.05, 3.63) is 11.8 Å². The number of aromatic nitrogens is 2. The Morgan fingerprint density at radius 2 is 2.10 bits per heavy atom. The molecular weight excluding hydrogens is 301 g/mol. The molecule has 4 nitrogen and oxygen atoms in total. The Morgan fingerprint density at radius 1 is 1.33 bits per heavy atom. The monoisotopic (exact) mass is 320 g/mol. The second kappa shape index (κ2) is 6.72. The summed E-state index contributed by atoms with van der Waals surface area (Å²) in [5, 5.41) is 6.15. The van der Waals surface area contributed by atoms with E-state index in [1.807, 2.05) is 11.8 Å². The third kappa shape index (κ3) is 4.15. The van der Waals surface area contributed by atoms with E-state index in [2.05, 4.69) is 27.5 Å². The number of hydrogen-bond acceptors (Lipinski definition) is 5. The molecule has 1 aliphatic carbocycles. The van der Waals surface area contributed by atoms with Gasteiger partial charge in [0.05, 0.1) is 0 Å². The van der Waals surface area contributed by atoms with Crippen molar-refractivity contribution in [2.75, 3.05) is 23.4 Å². The SMILES string of the molecule is CCSC1CCCC1Nc1cc(C(F)(F)F)nc(NC)n1. The van der Waals surface area contributed by atoms with E-state index in [0.717, 1.165) is 31.1 Å². The summed E-state index contributed by atoms with van der Waals surface area (Å²) in [5.41, 5.74) is -0.929. The highest BCUT2D eigenvalue weighted by molar-refractivity contribution is 7.99. The molecule has 1 aliphatic rings. The van der Waals surface area contributed by atoms with Crippen LogP contribution in [0.3, 0.4) is 0 Å². The van der Waals surface area contributed by atoms with Crippen LogP contribution in [0.5, 0.6) is 0 Å². The number of rotatable bonds is 5. The van der Waals surface area contributed by atoms with Gasteiger partial charge in [0.2, 0.25) is 5.95 Å². The highest BCUT2D eigenvalue weighted by Crippen LogP contribution is 2.33. The van der Waals surface area contributed by atoms with E-state index in [4.69, 9.17) is 0 Å². The van der Waals surface area contributed by atoms with Gasteiger partial charge in [-0.3, -0.25) is 0 Å². The molecule has 1 aromatic heterocycles. The van der Waals surface area contributed by atoms with Crippen LogP contribution in [0.1, 0.15) is 31.9 Å². The summed E-state index contributed by atoms with van der Waals surface area (Å²) in [6.07, 6.45) is -1.34. The van der Waals surface area contributed by atoms with Crippen molar-refractivity contribution < 1.29 is 13.2 Å². The predicted molar refractivity (Wildman–Crippen MR) is 79.8 cm³/mol. The van der Waals surface area contributed by atoms with Crippen LogP contribution in [0.25, 0.3) is 0 Å². The van der Waals surface area contributed by atoms with Gasteiger partial charge in [0.25, 0.3) is 0 Å². The number of hydrogen-bond donors (Lipinski definition) is 2. The molecule has 0 radical (unpaired) electrons. The van der Waals surface area contributed by atoms with Crippen LogP contribution < -0.4 is 10.6 Å². The van der Waals surface area contributed by atoms with Gasteiger partial charge in [-0.15, -0.1) is 0 Å². The van der Waals surface area contributed by atoms with E-state index in [0.29, 0.717) is 5.25 Å². The summed E-state index contributed by atoms with van der Waals surface area (Å²) in [6, 6.07) is 1.14. The lowest BCUT2D eigenvalue weighted by Gasteiger charge is -2.21. The maximum atomic E-state index is 12.8. The van der Waals surface area contributed by atoms with E-state index < -0.39 is 11.9 Å². The molecule has 0 aromatic carbocycles. The Kier molecular flexibility index (Phi) is 5.18. The maximum Gasteiger partial charge on any atom is 0.433 e. The van der Waals surface area contributed by atoms with Gasteiger partial charge in [0.1, 0.15) is 5.82 Å². The molecule has 2 rings (SSSR count). The van der Waals surface area contributed by atoms with Crippen molar-refractivity contribution in [1.82, 2.24) is 9.97 Å². The Hall–Kier alpha value is -1.18. The zero-order chi connectivity index (χ0) is 15.5. The molecule has 1 aromatic rings. The summed E-state index contributed by atoms with van der Waals surface area (Å²) in [7, 11) is 1.50. The van der Waals surface area contributed by atoms with Gasteiger partial charge in [-0.2, -0.15) is 29.9 Å². The highest BCUT2D eigenvalue weighted by atomic mass is 32.2. The quantitative estimate of drug-likeness (QED) is 0.868. The van der Waals surface area contributed by atoms with Crippen LogP contribution in [0, 0.1) is 0 Å². The lowest BCUT2D eigenvalue weighted by molar-refractivity contribution is -0.141. The van der Waals surface area contributed by atoms with E-state index in [-0.39, 0.29) is 17.8 Å². The molecule has 0 bridgehead atoms. The molecule has 1 heterocycles. The Balaban J connectivity index is 2.19. The third-order valence-electron chi connectivity index (χ3n) is 3.41. The molecule has 1 saturated carbocycles. The van der Waals surface area contributed by atoms with Crippen LogP contribution in [0.4, 0.5) is 24.9 Å². The van der Waals surface area contributed by atoms with Crippen molar-refractivity contribution in [1.29, 1.82) is 0 Å². The Labute approximate surface area is 126 Å². The fourth-order valence-electron chi connectivity index (χ4n) is 2.47. The predicted octanol–water partition coefficient (Wildman–Crippen LogP) is 3.62. The van der Waals surface area contributed by atoms with E-state index >= 15 is 0 Å². The van der Waals surface area contributed by atoms with Crippen LogP contribution in [0.2, 0.25) is 0 Å². The highest BCUT2D eigenvalue weighted by Gasteiger charge is 2.34. The molecule has 2 unspecified atom stereocenters. The Bertz CT molecular complexity index is 481. The van der Waals surface area contributed by atoms with Gasteiger partial charge < -0.3 is 10.6 Å². The summed E-state index contributed by atoms with van der Waals surface area (Å²) < 4.78 is 38.5. The van der Waals surface area contributed by atoms with Crippen LogP contribution in [-0.4, -0.2) is 34.1 Å². The molecule has 0 aliphatic heterocycles. The smallest absolute Gasteiger partial charge is 0.366 e. The Morgan fingerprint density at radius 3 is 2.71 bits per heavy atom. The molecule has 2 atom stereocenters. The van der Waals surface area contributed by atoms with Gasteiger partial charge in [0.15, 0.2) is 5.69 Å². The maximum absolute atomic E-state index is 12.8. The first kappa shape index (κ1) is 16.2. The largest absolute Gasteiger partial charge is 0.433 e. The number of thioether (sulfide) groups is 1. The van der Waals surface area contributed by atoms with Crippen molar-refractivity contribution in [2.45, 2.75) is 43.7 Å². The van der Waals surface area contributed by atoms with E-state index in [1.165, 1.54) is 7.05 Å². The minimum Gasteiger partial charge on any atom is -0.366 e. The van der Waals surface area contributed by atoms with Gasteiger partial charge in [-0.05, 0) is 18.6 Å². The second-order valence-electron chi connectivity index (χ2n) is 4.89. The summed E-state index contributed by atoms with van der Waals surface area (Å²) in [5.74, 6) is 1.21. The zero-order valence-corrected chi connectivity index (χ0v) is 12.8. The molecule has 8 heteroatoms. The van der Waals surface area contributed by atoms with Gasteiger partial charge >= 0.3 is 6.18 Å². The standard InChI is InChI=1S/C13H19F3N4S/c1-3-21-9-6-4-5-8(9)18-11-7-10(13(14,15)16)19-12(17-2)20-11/h7-9H,3-6H2,1-2H3,(H2,17,18,19,20). The molecule has 118 valence electrons. The minimum absolute atomic E-state index is 0.0231. The lowest BCUT2D eigenvalue weighted by Crippen LogP contribution is -2.27. The first-order chi connectivity index (χ1) is 9.94. The third-order valence-corrected chi connectivity index (χ3v) is 4.73. The number of nitrogens with one attached hydrogen (secondary N) is 2. The van der Waals surface area contributed by atoms with Gasteiger partial charge in [-0.25, -0.2) is 4.98 Å². The molecule has 0 amide bonds. The number of halogens is 3. The fraction of sp³-hybridized carbons (Fsp3) is 0.692. The zero-order valence-electron chi connectivity index (χ0n) is 12.0. The van der Waals surface area contributed by atoms with Crippen LogP contribution in [-0.2, 0) is 6.18 Å². The molecular formula is C13H19F3N4S.